The molecule has 1 aromatic carbocycles. The van der Waals surface area contributed by atoms with Gasteiger partial charge in [-0.1, -0.05) is 0 Å². The quantitative estimate of drug-likeness (QED) is 0.304. The number of H-pyrrole nitrogens is 1. The number of anilines is 3. The van der Waals surface area contributed by atoms with E-state index in [0.717, 1.165) is 0 Å². The second kappa shape index (κ2) is 10.1. The molecule has 13 nitrogen and oxygen atoms in total. The zero-order valence-corrected chi connectivity index (χ0v) is 19.8. The Kier molecular flexibility index (Phi) is 6.99. The predicted molar refractivity (Wildman–Crippen MR) is 129 cm³/mol. The summed E-state index contributed by atoms with van der Waals surface area (Å²) < 4.78 is 5.08. The fourth-order valence-electron chi connectivity index (χ4n) is 4.44. The minimum atomic E-state index is -1.09. The number of nitrogens with one attached hydrogen (secondary N) is 3. The first-order valence-electron chi connectivity index (χ1n) is 11.6. The number of nitrogens with zero attached hydrogens (tertiary/aromatic N) is 3. The van der Waals surface area contributed by atoms with Gasteiger partial charge in [-0.3, -0.25) is 34.3 Å². The van der Waals surface area contributed by atoms with Gasteiger partial charge in [0.1, 0.15) is 5.82 Å². The van der Waals surface area contributed by atoms with Crippen molar-refractivity contribution in [2.75, 3.05) is 35.2 Å². The summed E-state index contributed by atoms with van der Waals surface area (Å²) >= 11 is 0. The Labute approximate surface area is 205 Å². The highest BCUT2D eigenvalue weighted by Gasteiger charge is 2.36. The molecule has 1 saturated heterocycles. The summed E-state index contributed by atoms with van der Waals surface area (Å²) in [4.78, 5) is 69.8. The molecule has 3 heterocycles. The molecular weight excluding hydrogens is 472 g/mol. The summed E-state index contributed by atoms with van der Waals surface area (Å²) in [5, 5.41) is 16.2. The molecule has 1 atom stereocenters. The monoisotopic (exact) mass is 498 g/mol. The van der Waals surface area contributed by atoms with E-state index in [9.17, 15) is 29.3 Å². The second-order valence-electron chi connectivity index (χ2n) is 8.72. The van der Waals surface area contributed by atoms with Gasteiger partial charge in [0.15, 0.2) is 0 Å². The first-order valence-corrected chi connectivity index (χ1v) is 11.6. The molecule has 190 valence electrons. The number of hydrogen-bond acceptors (Lipinski definition) is 9. The molecular formula is C23H26N6O7. The standard InChI is InChI=1S/C23H26N6O7/c1-3-36-22(33)13-6-8-28(9-7-13)23-26-19-18(21(32)27-23)15(11-17(30)25-19)20(31)24-16-5-4-14(29(34)35)10-12(16)2/h4-5,10,13,15H,3,6-9,11H2,1-2H3,(H,24,31)(H2,25,26,27,30,32)/t15-/m0/s1. The van der Waals surface area contributed by atoms with Gasteiger partial charge in [-0.25, -0.2) is 0 Å². The number of fused-ring (bicyclic) bond motifs is 1. The van der Waals surface area contributed by atoms with Crippen molar-refractivity contribution in [3.63, 3.8) is 0 Å². The van der Waals surface area contributed by atoms with Crippen LogP contribution in [-0.4, -0.2) is 52.4 Å². The maximum absolute atomic E-state index is 13.1. The van der Waals surface area contributed by atoms with Crippen LogP contribution < -0.4 is 21.1 Å². The molecule has 3 N–H and O–H groups in total. The van der Waals surface area contributed by atoms with E-state index in [-0.39, 0.29) is 41.3 Å². The van der Waals surface area contributed by atoms with E-state index in [4.69, 9.17) is 4.74 Å². The molecule has 2 aliphatic rings. The van der Waals surface area contributed by atoms with Crippen LogP contribution in [0.2, 0.25) is 0 Å². The smallest absolute Gasteiger partial charge is 0.309 e. The van der Waals surface area contributed by atoms with E-state index in [1.807, 2.05) is 4.90 Å². The maximum atomic E-state index is 13.1. The number of piperidine rings is 1. The van der Waals surface area contributed by atoms with Crippen LogP contribution in [0.4, 0.5) is 23.1 Å². The van der Waals surface area contributed by atoms with Crippen LogP contribution in [0, 0.1) is 23.0 Å². The minimum Gasteiger partial charge on any atom is -0.466 e. The zero-order chi connectivity index (χ0) is 26.0. The number of hydrogen-bond donors (Lipinski definition) is 3. The summed E-state index contributed by atoms with van der Waals surface area (Å²) in [6.45, 7) is 4.60. The Morgan fingerprint density at radius 1 is 1.28 bits per heavy atom. The van der Waals surface area contributed by atoms with Crippen molar-refractivity contribution in [2.45, 2.75) is 39.0 Å². The van der Waals surface area contributed by atoms with E-state index >= 15 is 0 Å². The van der Waals surface area contributed by atoms with Gasteiger partial charge in [0.25, 0.3) is 11.2 Å². The summed E-state index contributed by atoms with van der Waals surface area (Å²) in [6.07, 6.45) is 0.817. The molecule has 2 amide bonds. The minimum absolute atomic E-state index is 0.0121. The largest absolute Gasteiger partial charge is 0.466 e. The van der Waals surface area contributed by atoms with Crippen LogP contribution in [0.25, 0.3) is 0 Å². The third-order valence-corrected chi connectivity index (χ3v) is 6.35. The molecule has 0 unspecified atom stereocenters. The first-order chi connectivity index (χ1) is 17.2. The Morgan fingerprint density at radius 3 is 2.64 bits per heavy atom. The number of aromatic amines is 1. The van der Waals surface area contributed by atoms with Gasteiger partial charge < -0.3 is 20.3 Å². The number of ether oxygens (including phenoxy) is 1. The number of esters is 1. The van der Waals surface area contributed by atoms with Crippen LogP contribution in [0.5, 0.6) is 0 Å². The molecule has 2 aliphatic heterocycles. The van der Waals surface area contributed by atoms with Crippen molar-refractivity contribution in [1.29, 1.82) is 0 Å². The first kappa shape index (κ1) is 24.8. The molecule has 0 radical (unpaired) electrons. The second-order valence-corrected chi connectivity index (χ2v) is 8.72. The Hall–Kier alpha value is -4.29. The number of benzene rings is 1. The van der Waals surface area contributed by atoms with Gasteiger partial charge >= 0.3 is 5.97 Å². The average Bonchev–Trinajstić information content (AvgIpc) is 2.84. The lowest BCUT2D eigenvalue weighted by atomic mass is 9.92. The van der Waals surface area contributed by atoms with E-state index in [1.54, 1.807) is 13.8 Å². The Bertz CT molecular complexity index is 1280. The Balaban J connectivity index is 1.54. The number of carbonyl (C=O) groups is 3. The van der Waals surface area contributed by atoms with Gasteiger partial charge in [-0.15, -0.1) is 0 Å². The van der Waals surface area contributed by atoms with Crippen molar-refractivity contribution in [3.8, 4) is 0 Å². The summed E-state index contributed by atoms with van der Waals surface area (Å²) in [6, 6.07) is 3.99. The molecule has 2 aromatic rings. The molecule has 13 heteroatoms. The van der Waals surface area contributed by atoms with Gasteiger partial charge in [-0.2, -0.15) is 4.98 Å². The predicted octanol–water partition coefficient (Wildman–Crippen LogP) is 1.83. The van der Waals surface area contributed by atoms with Crippen LogP contribution in [0.15, 0.2) is 23.0 Å². The topological polar surface area (TPSA) is 177 Å². The maximum Gasteiger partial charge on any atom is 0.309 e. The highest BCUT2D eigenvalue weighted by molar-refractivity contribution is 6.04. The van der Waals surface area contributed by atoms with Crippen LogP contribution in [0.1, 0.15) is 43.2 Å². The number of aryl methyl sites for hydroxylation is 1. The fraction of sp³-hybridized carbons (Fsp3) is 0.435. The van der Waals surface area contributed by atoms with E-state index < -0.39 is 28.2 Å². The van der Waals surface area contributed by atoms with Crippen molar-refractivity contribution >= 4 is 40.9 Å². The van der Waals surface area contributed by atoms with E-state index in [2.05, 4.69) is 20.6 Å². The number of aromatic nitrogens is 2. The van der Waals surface area contributed by atoms with Gasteiger partial charge in [-0.05, 0) is 38.3 Å². The number of nitro groups is 1. The number of nitro benzene ring substituents is 1. The molecule has 4 rings (SSSR count). The third kappa shape index (κ3) is 5.04. The Morgan fingerprint density at radius 2 is 2.00 bits per heavy atom. The van der Waals surface area contributed by atoms with Gasteiger partial charge in [0.05, 0.1) is 28.9 Å². The fourth-order valence-corrected chi connectivity index (χ4v) is 4.44. The molecule has 36 heavy (non-hydrogen) atoms. The van der Waals surface area contributed by atoms with Crippen molar-refractivity contribution in [2.24, 2.45) is 5.92 Å². The SMILES string of the molecule is CCOC(=O)C1CCN(c2nc3c(c(=O)[nH]2)[C@@H](C(=O)Nc2ccc([N+](=O)[O-])cc2C)CC(=O)N3)CC1. The normalized spacial score (nSPS) is 17.7. The van der Waals surface area contributed by atoms with Gasteiger partial charge in [0.2, 0.25) is 17.8 Å². The van der Waals surface area contributed by atoms with E-state index in [1.165, 1.54) is 18.2 Å². The highest BCUT2D eigenvalue weighted by atomic mass is 16.6. The zero-order valence-electron chi connectivity index (χ0n) is 19.8. The number of non-ortho nitro benzene ring substituents is 1. The van der Waals surface area contributed by atoms with E-state index in [0.29, 0.717) is 43.8 Å². The number of carbonyl (C=O) groups excluding carboxylic acids is 3. The van der Waals surface area contributed by atoms with Crippen LogP contribution >= 0.6 is 0 Å². The lowest BCUT2D eigenvalue weighted by molar-refractivity contribution is -0.384. The van der Waals surface area contributed by atoms with Crippen molar-refractivity contribution < 1.29 is 24.0 Å². The van der Waals surface area contributed by atoms with Crippen LogP contribution in [-0.2, 0) is 19.1 Å². The lowest BCUT2D eigenvalue weighted by Crippen LogP contribution is -2.41. The molecule has 0 bridgehead atoms. The molecule has 1 aromatic heterocycles. The lowest BCUT2D eigenvalue weighted by Gasteiger charge is -2.32. The van der Waals surface area contributed by atoms with Crippen LogP contribution in [0.3, 0.4) is 0 Å². The molecule has 0 spiro atoms. The number of amides is 2. The highest BCUT2D eigenvalue weighted by Crippen LogP contribution is 2.32. The molecule has 1 fully saturated rings. The van der Waals surface area contributed by atoms with Crippen molar-refractivity contribution in [3.05, 3.63) is 49.8 Å². The summed E-state index contributed by atoms with van der Waals surface area (Å²) in [5.74, 6) is -2.36. The number of rotatable bonds is 6. The summed E-state index contributed by atoms with van der Waals surface area (Å²) in [7, 11) is 0. The van der Waals surface area contributed by atoms with Gasteiger partial charge in [0, 0.05) is 37.3 Å². The third-order valence-electron chi connectivity index (χ3n) is 6.35. The molecule has 0 saturated carbocycles. The van der Waals surface area contributed by atoms with Crippen molar-refractivity contribution in [1.82, 2.24) is 9.97 Å². The average molecular weight is 498 g/mol. The molecule has 0 aliphatic carbocycles. The summed E-state index contributed by atoms with van der Waals surface area (Å²) in [5.41, 5.74) is 0.169.